The van der Waals surface area contributed by atoms with Gasteiger partial charge in [-0.05, 0) is 61.2 Å². The summed E-state index contributed by atoms with van der Waals surface area (Å²) < 4.78 is 32.1. The Labute approximate surface area is 205 Å². The average Bonchev–Trinajstić information content (AvgIpc) is 3.30. The van der Waals surface area contributed by atoms with Crippen LogP contribution in [0.4, 0.5) is 11.4 Å². The van der Waals surface area contributed by atoms with Gasteiger partial charge in [0, 0.05) is 37.4 Å². The number of carbonyl (C=O) groups excluding carboxylic acids is 3. The smallest absolute Gasteiger partial charge is 0.309 e. The second kappa shape index (κ2) is 10.6. The number of sulfonamides is 1. The van der Waals surface area contributed by atoms with Crippen LogP contribution in [0, 0.1) is 5.92 Å². The van der Waals surface area contributed by atoms with Crippen LogP contribution in [0.5, 0.6) is 0 Å². The fourth-order valence-electron chi connectivity index (χ4n) is 4.48. The number of ether oxygens (including phenoxy) is 1. The van der Waals surface area contributed by atoms with E-state index in [0.29, 0.717) is 38.0 Å². The molecule has 0 bridgehead atoms. The number of rotatable bonds is 7. The molecule has 1 unspecified atom stereocenters. The summed E-state index contributed by atoms with van der Waals surface area (Å²) >= 11 is 0. The maximum absolute atomic E-state index is 13.0. The Kier molecular flexibility index (Phi) is 7.51. The Morgan fingerprint density at radius 2 is 1.74 bits per heavy atom. The number of nitrogens with one attached hydrogen (secondary N) is 1. The highest BCUT2D eigenvalue weighted by molar-refractivity contribution is 7.89. The van der Waals surface area contributed by atoms with Crippen molar-refractivity contribution < 1.29 is 27.5 Å². The Morgan fingerprint density at radius 1 is 1.03 bits per heavy atom. The van der Waals surface area contributed by atoms with Crippen molar-refractivity contribution in [3.8, 4) is 0 Å². The number of hydrogen-bond acceptors (Lipinski definition) is 6. The zero-order valence-electron chi connectivity index (χ0n) is 19.6. The predicted octanol–water partition coefficient (Wildman–Crippen LogP) is 2.57. The quantitative estimate of drug-likeness (QED) is 0.586. The van der Waals surface area contributed by atoms with Crippen molar-refractivity contribution in [3.05, 3.63) is 54.1 Å². The van der Waals surface area contributed by atoms with Crippen molar-refractivity contribution in [3.63, 3.8) is 0 Å². The van der Waals surface area contributed by atoms with Crippen LogP contribution in [0.3, 0.4) is 0 Å². The fraction of sp³-hybridized carbons (Fsp3) is 0.400. The average molecular weight is 500 g/mol. The first-order chi connectivity index (χ1) is 16.8. The van der Waals surface area contributed by atoms with Crippen LogP contribution in [0.1, 0.15) is 31.2 Å². The van der Waals surface area contributed by atoms with Gasteiger partial charge in [0.1, 0.15) is 0 Å². The molecule has 1 N–H and O–H groups in total. The number of carbonyl (C=O) groups is 3. The number of methoxy groups -OCH3 is 1. The minimum Gasteiger partial charge on any atom is -0.469 e. The first kappa shape index (κ1) is 24.9. The number of benzene rings is 2. The molecule has 0 radical (unpaired) electrons. The van der Waals surface area contributed by atoms with Gasteiger partial charge in [-0.15, -0.1) is 0 Å². The van der Waals surface area contributed by atoms with Crippen LogP contribution in [0.15, 0.2) is 53.4 Å². The standard InChI is InChI=1S/C25H29N3O6S/c1-34-25(31)19-4-2-14-27(17-19)35(32,33)22-12-8-20(9-13-22)26-23(29)16-18-6-10-21(11-7-18)28-15-3-5-24(28)30/h6-13,19H,2-5,14-17H2,1H3,(H,26,29). The van der Waals surface area contributed by atoms with Crippen molar-refractivity contribution in [2.75, 3.05) is 37.0 Å². The van der Waals surface area contributed by atoms with Gasteiger partial charge in [0.15, 0.2) is 0 Å². The molecule has 0 spiro atoms. The highest BCUT2D eigenvalue weighted by Gasteiger charge is 2.33. The van der Waals surface area contributed by atoms with Gasteiger partial charge in [0.25, 0.3) is 0 Å². The summed E-state index contributed by atoms with van der Waals surface area (Å²) in [4.78, 5) is 38.1. The lowest BCUT2D eigenvalue weighted by Gasteiger charge is -2.30. The molecular formula is C25H29N3O6S. The molecule has 2 aliphatic heterocycles. The molecule has 2 aromatic rings. The van der Waals surface area contributed by atoms with Crippen LogP contribution in [0.2, 0.25) is 0 Å². The lowest BCUT2D eigenvalue weighted by Crippen LogP contribution is -2.42. The molecule has 4 rings (SSSR count). The van der Waals surface area contributed by atoms with Crippen LogP contribution < -0.4 is 10.2 Å². The van der Waals surface area contributed by atoms with E-state index in [4.69, 9.17) is 4.74 Å². The summed E-state index contributed by atoms with van der Waals surface area (Å²) in [7, 11) is -2.46. The Hall–Kier alpha value is -3.24. The molecule has 0 aromatic heterocycles. The first-order valence-electron chi connectivity index (χ1n) is 11.6. The zero-order valence-corrected chi connectivity index (χ0v) is 20.4. The molecule has 2 aromatic carbocycles. The van der Waals surface area contributed by atoms with Gasteiger partial charge in [-0.25, -0.2) is 8.42 Å². The van der Waals surface area contributed by atoms with Crippen LogP contribution in [0.25, 0.3) is 0 Å². The van der Waals surface area contributed by atoms with E-state index in [1.54, 1.807) is 17.0 Å². The van der Waals surface area contributed by atoms with Crippen LogP contribution in [-0.4, -0.2) is 57.3 Å². The van der Waals surface area contributed by atoms with E-state index in [2.05, 4.69) is 5.32 Å². The Bertz CT molecular complexity index is 1190. The highest BCUT2D eigenvalue weighted by Crippen LogP contribution is 2.26. The number of anilines is 2. The van der Waals surface area contributed by atoms with E-state index >= 15 is 0 Å². The lowest BCUT2D eigenvalue weighted by molar-refractivity contribution is -0.146. The number of esters is 1. The maximum atomic E-state index is 13.0. The third-order valence-corrected chi connectivity index (χ3v) is 8.26. The molecule has 35 heavy (non-hydrogen) atoms. The molecule has 2 amide bonds. The van der Waals surface area contributed by atoms with Crippen LogP contribution >= 0.6 is 0 Å². The molecule has 10 heteroatoms. The van der Waals surface area contributed by atoms with Gasteiger partial charge in [0.2, 0.25) is 21.8 Å². The van der Waals surface area contributed by atoms with Crippen molar-refractivity contribution >= 4 is 39.2 Å². The largest absolute Gasteiger partial charge is 0.469 e. The molecule has 0 aliphatic carbocycles. The van der Waals surface area contributed by atoms with E-state index in [0.717, 1.165) is 17.7 Å². The molecule has 2 heterocycles. The number of nitrogens with zero attached hydrogens (tertiary/aromatic N) is 2. The Balaban J connectivity index is 1.35. The summed E-state index contributed by atoms with van der Waals surface area (Å²) in [5.74, 6) is -0.985. The topological polar surface area (TPSA) is 113 Å². The molecule has 1 atom stereocenters. The van der Waals surface area contributed by atoms with Crippen molar-refractivity contribution in [1.82, 2.24) is 4.31 Å². The molecule has 2 fully saturated rings. The summed E-state index contributed by atoms with van der Waals surface area (Å²) in [6, 6.07) is 13.4. The van der Waals surface area contributed by atoms with Gasteiger partial charge in [-0.3, -0.25) is 14.4 Å². The number of hydrogen-bond donors (Lipinski definition) is 1. The monoisotopic (exact) mass is 499 g/mol. The number of amides is 2. The second-order valence-corrected chi connectivity index (χ2v) is 10.7. The fourth-order valence-corrected chi connectivity index (χ4v) is 6.01. The molecule has 9 nitrogen and oxygen atoms in total. The van der Waals surface area contributed by atoms with Gasteiger partial charge in [-0.1, -0.05) is 12.1 Å². The van der Waals surface area contributed by atoms with Gasteiger partial charge >= 0.3 is 5.97 Å². The second-order valence-electron chi connectivity index (χ2n) is 8.79. The Morgan fingerprint density at radius 3 is 2.37 bits per heavy atom. The summed E-state index contributed by atoms with van der Waals surface area (Å²) in [5, 5.41) is 2.78. The first-order valence-corrected chi connectivity index (χ1v) is 13.1. The van der Waals surface area contributed by atoms with Gasteiger partial charge in [-0.2, -0.15) is 4.31 Å². The van der Waals surface area contributed by atoms with E-state index in [1.807, 2.05) is 24.3 Å². The SMILES string of the molecule is COC(=O)C1CCCN(S(=O)(=O)c2ccc(NC(=O)Cc3ccc(N4CCCC4=O)cc3)cc2)C1. The molecule has 2 saturated heterocycles. The van der Waals surface area contributed by atoms with E-state index in [9.17, 15) is 22.8 Å². The predicted molar refractivity (Wildman–Crippen MR) is 130 cm³/mol. The van der Waals surface area contributed by atoms with Crippen LogP contribution in [-0.2, 0) is 35.6 Å². The molecule has 186 valence electrons. The highest BCUT2D eigenvalue weighted by atomic mass is 32.2. The van der Waals surface area contributed by atoms with Gasteiger partial charge < -0.3 is 15.0 Å². The summed E-state index contributed by atoms with van der Waals surface area (Å²) in [5.41, 5.74) is 2.13. The van der Waals surface area contributed by atoms with E-state index < -0.39 is 21.9 Å². The number of piperidine rings is 1. The van der Waals surface area contributed by atoms with Crippen molar-refractivity contribution in [1.29, 1.82) is 0 Å². The van der Waals surface area contributed by atoms with Gasteiger partial charge in [0.05, 0.1) is 24.3 Å². The minimum absolute atomic E-state index is 0.0954. The lowest BCUT2D eigenvalue weighted by atomic mass is 10.0. The third-order valence-electron chi connectivity index (χ3n) is 6.38. The summed E-state index contributed by atoms with van der Waals surface area (Å²) in [6.45, 7) is 1.16. The normalized spacial score (nSPS) is 18.9. The maximum Gasteiger partial charge on any atom is 0.309 e. The van der Waals surface area contributed by atoms with E-state index in [1.165, 1.54) is 23.5 Å². The molecule has 0 saturated carbocycles. The van der Waals surface area contributed by atoms with E-state index in [-0.39, 0.29) is 29.7 Å². The zero-order chi connectivity index (χ0) is 25.0. The van der Waals surface area contributed by atoms with Crippen molar-refractivity contribution in [2.24, 2.45) is 5.92 Å². The molecular weight excluding hydrogens is 470 g/mol. The third kappa shape index (κ3) is 5.71. The molecule has 2 aliphatic rings. The van der Waals surface area contributed by atoms with Crippen molar-refractivity contribution in [2.45, 2.75) is 37.0 Å². The summed E-state index contributed by atoms with van der Waals surface area (Å²) in [6.07, 6.45) is 2.76. The minimum atomic E-state index is -3.76.